The molecule has 0 spiro atoms. The van der Waals surface area contributed by atoms with E-state index >= 15 is 0 Å². The van der Waals surface area contributed by atoms with E-state index in [0.29, 0.717) is 50.0 Å². The Hall–Kier alpha value is -3.27. The van der Waals surface area contributed by atoms with Gasteiger partial charge in [0.1, 0.15) is 18.1 Å². The van der Waals surface area contributed by atoms with Gasteiger partial charge in [0.2, 0.25) is 5.91 Å². The molecule has 1 N–H and O–H groups in total. The number of esters is 1. The summed E-state index contributed by atoms with van der Waals surface area (Å²) >= 11 is 0. The topological polar surface area (TPSA) is 124 Å². The quantitative estimate of drug-likeness (QED) is 0.421. The van der Waals surface area contributed by atoms with Crippen molar-refractivity contribution in [3.63, 3.8) is 0 Å². The van der Waals surface area contributed by atoms with Gasteiger partial charge in [-0.2, -0.15) is 0 Å². The van der Waals surface area contributed by atoms with Gasteiger partial charge >= 0.3 is 5.97 Å². The molecule has 2 aromatic rings. The van der Waals surface area contributed by atoms with Crippen LogP contribution in [0.5, 0.6) is 5.75 Å². The Kier molecular flexibility index (Phi) is 8.94. The number of carbonyl (C=O) groups is 2. The molecule has 1 amide bonds. The average Bonchev–Trinajstić information content (AvgIpc) is 2.84. The zero-order chi connectivity index (χ0) is 23.6. The lowest BCUT2D eigenvalue weighted by molar-refractivity contribution is -0.151. The van der Waals surface area contributed by atoms with Gasteiger partial charge in [-0.25, -0.2) is 0 Å². The fourth-order valence-corrected chi connectivity index (χ4v) is 3.65. The number of H-pyrrole nitrogens is 1. The smallest absolute Gasteiger partial charge is 0.310 e. The SMILES string of the molecule is CCOC(=O)[C@H]1CCCN(C(=O)CCc2nnc(-c3ccc(OCCOC)cc3)[nH]c2=O)C1. The summed E-state index contributed by atoms with van der Waals surface area (Å²) in [4.78, 5) is 41.5. The highest BCUT2D eigenvalue weighted by atomic mass is 16.5. The lowest BCUT2D eigenvalue weighted by Gasteiger charge is -2.31. The van der Waals surface area contributed by atoms with Crippen LogP contribution in [0.25, 0.3) is 11.4 Å². The summed E-state index contributed by atoms with van der Waals surface area (Å²) < 4.78 is 15.5. The number of methoxy groups -OCH3 is 1. The summed E-state index contributed by atoms with van der Waals surface area (Å²) in [6.45, 7) is 3.98. The molecule has 1 aromatic carbocycles. The van der Waals surface area contributed by atoms with Crippen molar-refractivity contribution >= 4 is 11.9 Å². The van der Waals surface area contributed by atoms with E-state index in [1.54, 1.807) is 43.2 Å². The number of aryl methyl sites for hydroxylation is 1. The molecular weight excluding hydrogens is 428 g/mol. The van der Waals surface area contributed by atoms with E-state index in [4.69, 9.17) is 14.2 Å². The predicted octanol–water partition coefficient (Wildman–Crippen LogP) is 1.59. The summed E-state index contributed by atoms with van der Waals surface area (Å²) in [6, 6.07) is 7.11. The molecule has 10 nitrogen and oxygen atoms in total. The van der Waals surface area contributed by atoms with Gasteiger partial charge in [-0.05, 0) is 44.0 Å². The van der Waals surface area contributed by atoms with Gasteiger partial charge in [-0.1, -0.05) is 0 Å². The van der Waals surface area contributed by atoms with Crippen molar-refractivity contribution in [1.29, 1.82) is 0 Å². The van der Waals surface area contributed by atoms with E-state index < -0.39 is 0 Å². The first kappa shape index (κ1) is 24.4. The number of likely N-dealkylation sites (tertiary alicyclic amines) is 1. The van der Waals surface area contributed by atoms with Crippen LogP contribution in [0.3, 0.4) is 0 Å². The van der Waals surface area contributed by atoms with E-state index in [1.165, 1.54) is 0 Å². The number of aromatic nitrogens is 3. The molecule has 1 aromatic heterocycles. The summed E-state index contributed by atoms with van der Waals surface area (Å²) in [5.74, 6) is 0.360. The molecular formula is C23H30N4O6. The summed E-state index contributed by atoms with van der Waals surface area (Å²) in [6.07, 6.45) is 1.77. The van der Waals surface area contributed by atoms with Gasteiger partial charge in [-0.3, -0.25) is 14.4 Å². The Bertz CT molecular complexity index is 991. The number of aromatic amines is 1. The normalized spacial score (nSPS) is 15.8. The Labute approximate surface area is 192 Å². The van der Waals surface area contributed by atoms with Gasteiger partial charge < -0.3 is 24.1 Å². The maximum absolute atomic E-state index is 12.6. The first-order valence-corrected chi connectivity index (χ1v) is 11.1. The molecule has 1 fully saturated rings. The zero-order valence-corrected chi connectivity index (χ0v) is 19.0. The number of rotatable bonds is 10. The Morgan fingerprint density at radius 1 is 1.18 bits per heavy atom. The monoisotopic (exact) mass is 458 g/mol. The van der Waals surface area contributed by atoms with Crippen LogP contribution < -0.4 is 10.3 Å². The molecule has 3 rings (SSSR count). The van der Waals surface area contributed by atoms with Crippen molar-refractivity contribution in [2.24, 2.45) is 5.92 Å². The Balaban J connectivity index is 1.55. The lowest BCUT2D eigenvalue weighted by Crippen LogP contribution is -2.43. The number of nitrogens with zero attached hydrogens (tertiary/aromatic N) is 3. The highest BCUT2D eigenvalue weighted by Crippen LogP contribution is 2.20. The van der Waals surface area contributed by atoms with E-state index in [0.717, 1.165) is 12.8 Å². The van der Waals surface area contributed by atoms with Crippen LogP contribution in [0.1, 0.15) is 31.9 Å². The van der Waals surface area contributed by atoms with Crippen molar-refractivity contribution in [2.45, 2.75) is 32.6 Å². The van der Waals surface area contributed by atoms with E-state index in [-0.39, 0.29) is 41.9 Å². The highest BCUT2D eigenvalue weighted by Gasteiger charge is 2.29. The molecule has 0 unspecified atom stereocenters. The number of hydrogen-bond acceptors (Lipinski definition) is 8. The Morgan fingerprint density at radius 3 is 2.67 bits per heavy atom. The second kappa shape index (κ2) is 12.1. The van der Waals surface area contributed by atoms with Gasteiger partial charge in [0, 0.05) is 38.6 Å². The van der Waals surface area contributed by atoms with Crippen LogP contribution in [0.15, 0.2) is 29.1 Å². The molecule has 10 heteroatoms. The third kappa shape index (κ3) is 6.85. The fourth-order valence-electron chi connectivity index (χ4n) is 3.65. The molecule has 178 valence electrons. The van der Waals surface area contributed by atoms with Crippen LogP contribution in [-0.4, -0.2) is 72.0 Å². The minimum atomic E-state index is -0.378. The van der Waals surface area contributed by atoms with Crippen LogP contribution in [0.4, 0.5) is 0 Å². The minimum absolute atomic E-state index is 0.113. The van der Waals surface area contributed by atoms with Crippen LogP contribution in [0.2, 0.25) is 0 Å². The number of nitrogens with one attached hydrogen (secondary N) is 1. The van der Waals surface area contributed by atoms with Crippen molar-refractivity contribution in [2.75, 3.05) is 40.0 Å². The third-order valence-electron chi connectivity index (χ3n) is 5.42. The van der Waals surface area contributed by atoms with E-state index in [1.807, 2.05) is 0 Å². The standard InChI is InChI=1S/C23H30N4O6/c1-3-32-23(30)17-5-4-12-27(15-17)20(28)11-10-19-22(29)24-21(26-25-19)16-6-8-18(9-7-16)33-14-13-31-2/h6-9,17H,3-5,10-15H2,1-2H3,(H,24,26,29)/t17-/m0/s1. The van der Waals surface area contributed by atoms with Crippen molar-refractivity contribution < 1.29 is 23.8 Å². The second-order valence-electron chi connectivity index (χ2n) is 7.75. The van der Waals surface area contributed by atoms with E-state index in [9.17, 15) is 14.4 Å². The van der Waals surface area contributed by atoms with Crippen LogP contribution in [0, 0.1) is 5.92 Å². The largest absolute Gasteiger partial charge is 0.491 e. The van der Waals surface area contributed by atoms with Crippen LogP contribution >= 0.6 is 0 Å². The first-order chi connectivity index (χ1) is 16.0. The van der Waals surface area contributed by atoms with Gasteiger partial charge in [-0.15, -0.1) is 10.2 Å². The maximum atomic E-state index is 12.6. The number of ether oxygens (including phenoxy) is 3. The fraction of sp³-hybridized carbons (Fsp3) is 0.522. The number of amides is 1. The molecule has 0 radical (unpaired) electrons. The maximum Gasteiger partial charge on any atom is 0.310 e. The molecule has 1 saturated heterocycles. The van der Waals surface area contributed by atoms with Crippen molar-refractivity contribution in [3.8, 4) is 17.1 Å². The molecule has 0 bridgehead atoms. The van der Waals surface area contributed by atoms with Gasteiger partial charge in [0.25, 0.3) is 5.56 Å². The molecule has 33 heavy (non-hydrogen) atoms. The summed E-state index contributed by atoms with van der Waals surface area (Å²) in [5, 5.41) is 8.14. The summed E-state index contributed by atoms with van der Waals surface area (Å²) in [7, 11) is 1.61. The van der Waals surface area contributed by atoms with Crippen LogP contribution in [-0.2, 0) is 25.5 Å². The second-order valence-corrected chi connectivity index (χ2v) is 7.75. The zero-order valence-electron chi connectivity index (χ0n) is 19.0. The first-order valence-electron chi connectivity index (χ1n) is 11.1. The Morgan fingerprint density at radius 2 is 1.97 bits per heavy atom. The lowest BCUT2D eigenvalue weighted by atomic mass is 9.98. The number of hydrogen-bond donors (Lipinski definition) is 1. The molecule has 0 saturated carbocycles. The average molecular weight is 459 g/mol. The minimum Gasteiger partial charge on any atom is -0.491 e. The van der Waals surface area contributed by atoms with Gasteiger partial charge in [0.15, 0.2) is 5.82 Å². The number of piperidine rings is 1. The molecule has 1 aliphatic rings. The molecule has 1 aliphatic heterocycles. The molecule has 0 aliphatic carbocycles. The van der Waals surface area contributed by atoms with Crippen molar-refractivity contribution in [1.82, 2.24) is 20.1 Å². The summed E-state index contributed by atoms with van der Waals surface area (Å²) in [5.41, 5.74) is 0.515. The van der Waals surface area contributed by atoms with Crippen molar-refractivity contribution in [3.05, 3.63) is 40.3 Å². The number of carbonyl (C=O) groups excluding carboxylic acids is 2. The van der Waals surface area contributed by atoms with Gasteiger partial charge in [0.05, 0.1) is 19.1 Å². The highest BCUT2D eigenvalue weighted by molar-refractivity contribution is 5.78. The molecule has 2 heterocycles. The number of benzene rings is 1. The molecule has 1 atom stereocenters. The van der Waals surface area contributed by atoms with E-state index in [2.05, 4.69) is 15.2 Å². The predicted molar refractivity (Wildman–Crippen MR) is 120 cm³/mol. The third-order valence-corrected chi connectivity index (χ3v) is 5.42.